The summed E-state index contributed by atoms with van der Waals surface area (Å²) in [5.41, 5.74) is 7.02. The number of alkyl halides is 4. The smallest absolute Gasteiger partial charge is 0.326 e. The Morgan fingerprint density at radius 3 is 2.10 bits per heavy atom. The Balaban J connectivity index is 0.00000220. The van der Waals surface area contributed by atoms with E-state index >= 15 is 0 Å². The molecule has 2 rings (SSSR count). The highest BCUT2D eigenvalue weighted by Gasteiger charge is 2.34. The number of rotatable bonds is 3. The summed E-state index contributed by atoms with van der Waals surface area (Å²) < 4.78 is 49.7. The van der Waals surface area contributed by atoms with Gasteiger partial charge in [0.1, 0.15) is 6.67 Å². The Morgan fingerprint density at radius 2 is 1.62 bits per heavy atom. The average molecular weight is 323 g/mol. The van der Waals surface area contributed by atoms with Gasteiger partial charge in [-0.1, -0.05) is 0 Å². The number of nitrogens with zero attached hydrogens (tertiary/aromatic N) is 3. The SMILES string of the molecule is Cl.NCc1cc(-c2cnc(C(F)(F)F)nc2)ncc1CF. The first kappa shape index (κ1) is 17.3. The zero-order valence-electron chi connectivity index (χ0n) is 10.6. The molecular formula is C12H11ClF4N4. The van der Waals surface area contributed by atoms with Gasteiger partial charge in [-0.15, -0.1) is 12.4 Å². The molecule has 0 unspecified atom stereocenters. The second-order valence-electron chi connectivity index (χ2n) is 3.97. The van der Waals surface area contributed by atoms with Gasteiger partial charge in [-0.3, -0.25) is 4.98 Å². The number of halogens is 5. The summed E-state index contributed by atoms with van der Waals surface area (Å²) in [5.74, 6) is -1.22. The molecule has 2 aromatic heterocycles. The van der Waals surface area contributed by atoms with Crippen LogP contribution < -0.4 is 5.73 Å². The number of hydrogen-bond acceptors (Lipinski definition) is 4. The van der Waals surface area contributed by atoms with Gasteiger partial charge in [0, 0.05) is 36.3 Å². The van der Waals surface area contributed by atoms with Crippen LogP contribution in [-0.2, 0) is 19.4 Å². The van der Waals surface area contributed by atoms with Gasteiger partial charge in [0.15, 0.2) is 0 Å². The van der Waals surface area contributed by atoms with E-state index in [2.05, 4.69) is 15.0 Å². The van der Waals surface area contributed by atoms with Crippen molar-refractivity contribution in [3.05, 3.63) is 41.6 Å². The van der Waals surface area contributed by atoms with Crippen LogP contribution in [0.15, 0.2) is 24.7 Å². The Bertz CT molecular complexity index is 601. The summed E-state index contributed by atoms with van der Waals surface area (Å²) >= 11 is 0. The average Bonchev–Trinajstić information content (AvgIpc) is 2.45. The maximum atomic E-state index is 12.6. The first-order valence-electron chi connectivity index (χ1n) is 5.59. The molecule has 2 heterocycles. The topological polar surface area (TPSA) is 64.7 Å². The van der Waals surface area contributed by atoms with Crippen LogP contribution >= 0.6 is 12.4 Å². The fraction of sp³-hybridized carbons (Fsp3) is 0.250. The lowest BCUT2D eigenvalue weighted by Crippen LogP contribution is -2.10. The third kappa shape index (κ3) is 3.85. The van der Waals surface area contributed by atoms with Gasteiger partial charge < -0.3 is 5.73 Å². The standard InChI is InChI=1S/C12H10F4N4.ClH/c13-2-8-4-18-10(1-7(8)3-17)9-5-19-11(20-6-9)12(14,15)16;/h1,4-6H,2-3,17H2;1H. The van der Waals surface area contributed by atoms with Crippen LogP contribution in [0.1, 0.15) is 17.0 Å². The molecule has 114 valence electrons. The second kappa shape index (κ2) is 6.77. The predicted molar refractivity (Wildman–Crippen MR) is 70.2 cm³/mol. The van der Waals surface area contributed by atoms with E-state index in [1.165, 1.54) is 12.3 Å². The van der Waals surface area contributed by atoms with Gasteiger partial charge in [0.25, 0.3) is 0 Å². The molecule has 0 spiro atoms. The molecular weight excluding hydrogens is 312 g/mol. The van der Waals surface area contributed by atoms with Crippen LogP contribution in [0.3, 0.4) is 0 Å². The predicted octanol–water partition coefficient (Wildman–Crippen LogP) is 2.91. The molecule has 4 nitrogen and oxygen atoms in total. The van der Waals surface area contributed by atoms with Crippen molar-refractivity contribution in [3.63, 3.8) is 0 Å². The Labute approximate surface area is 123 Å². The van der Waals surface area contributed by atoms with Gasteiger partial charge in [0.05, 0.1) is 5.69 Å². The number of pyridine rings is 1. The Hall–Kier alpha value is -1.80. The van der Waals surface area contributed by atoms with Crippen molar-refractivity contribution in [1.29, 1.82) is 0 Å². The summed E-state index contributed by atoms with van der Waals surface area (Å²) in [4.78, 5) is 10.4. The molecule has 0 fully saturated rings. The lowest BCUT2D eigenvalue weighted by molar-refractivity contribution is -0.144. The van der Waals surface area contributed by atoms with Crippen molar-refractivity contribution in [2.45, 2.75) is 19.4 Å². The normalized spacial score (nSPS) is 11.1. The molecule has 0 bridgehead atoms. The van der Waals surface area contributed by atoms with E-state index in [9.17, 15) is 17.6 Å². The van der Waals surface area contributed by atoms with E-state index < -0.39 is 18.7 Å². The number of nitrogens with two attached hydrogens (primary N) is 1. The van der Waals surface area contributed by atoms with E-state index in [-0.39, 0.29) is 19.0 Å². The molecule has 0 radical (unpaired) electrons. The third-order valence-corrected chi connectivity index (χ3v) is 2.65. The van der Waals surface area contributed by atoms with Crippen LogP contribution in [0.25, 0.3) is 11.3 Å². The van der Waals surface area contributed by atoms with Gasteiger partial charge in [-0.05, 0) is 11.6 Å². The number of hydrogen-bond donors (Lipinski definition) is 1. The van der Waals surface area contributed by atoms with E-state index in [0.717, 1.165) is 12.4 Å². The number of aromatic nitrogens is 3. The van der Waals surface area contributed by atoms with Crippen molar-refractivity contribution in [1.82, 2.24) is 15.0 Å². The molecule has 0 amide bonds. The Morgan fingerprint density at radius 1 is 1.00 bits per heavy atom. The lowest BCUT2D eigenvalue weighted by Gasteiger charge is -2.08. The largest absolute Gasteiger partial charge is 0.451 e. The van der Waals surface area contributed by atoms with Gasteiger partial charge in [-0.25, -0.2) is 14.4 Å². The van der Waals surface area contributed by atoms with E-state index in [1.54, 1.807) is 0 Å². The molecule has 0 saturated carbocycles. The summed E-state index contributed by atoms with van der Waals surface area (Å²) in [6, 6.07) is 1.51. The van der Waals surface area contributed by atoms with Gasteiger partial charge in [-0.2, -0.15) is 13.2 Å². The van der Waals surface area contributed by atoms with E-state index in [4.69, 9.17) is 5.73 Å². The summed E-state index contributed by atoms with van der Waals surface area (Å²) in [5, 5.41) is 0. The molecule has 0 aromatic carbocycles. The fourth-order valence-corrected chi connectivity index (χ4v) is 1.60. The zero-order valence-corrected chi connectivity index (χ0v) is 11.4. The monoisotopic (exact) mass is 322 g/mol. The van der Waals surface area contributed by atoms with Crippen LogP contribution in [0.2, 0.25) is 0 Å². The molecule has 21 heavy (non-hydrogen) atoms. The molecule has 0 aliphatic rings. The highest BCUT2D eigenvalue weighted by molar-refractivity contribution is 5.85. The van der Waals surface area contributed by atoms with E-state index in [1.807, 2.05) is 0 Å². The molecule has 0 atom stereocenters. The maximum absolute atomic E-state index is 12.6. The molecule has 0 saturated heterocycles. The van der Waals surface area contributed by atoms with Crippen molar-refractivity contribution < 1.29 is 17.6 Å². The highest BCUT2D eigenvalue weighted by atomic mass is 35.5. The minimum atomic E-state index is -4.59. The quantitative estimate of drug-likeness (QED) is 0.882. The molecule has 2 N–H and O–H groups in total. The molecule has 0 aliphatic carbocycles. The van der Waals surface area contributed by atoms with Crippen LogP contribution in [-0.4, -0.2) is 15.0 Å². The van der Waals surface area contributed by atoms with Gasteiger partial charge >= 0.3 is 6.18 Å². The minimum absolute atomic E-state index is 0. The Kier molecular flexibility index (Phi) is 5.56. The van der Waals surface area contributed by atoms with Crippen LogP contribution in [0, 0.1) is 0 Å². The lowest BCUT2D eigenvalue weighted by atomic mass is 10.1. The first-order chi connectivity index (χ1) is 9.45. The minimum Gasteiger partial charge on any atom is -0.326 e. The van der Waals surface area contributed by atoms with Gasteiger partial charge in [0.2, 0.25) is 5.82 Å². The van der Waals surface area contributed by atoms with E-state index in [0.29, 0.717) is 22.4 Å². The molecule has 9 heteroatoms. The third-order valence-electron chi connectivity index (χ3n) is 2.65. The van der Waals surface area contributed by atoms with Crippen LogP contribution in [0.5, 0.6) is 0 Å². The summed E-state index contributed by atoms with van der Waals surface area (Å²) in [7, 11) is 0. The second-order valence-corrected chi connectivity index (χ2v) is 3.97. The van der Waals surface area contributed by atoms with Crippen molar-refractivity contribution in [2.75, 3.05) is 0 Å². The first-order valence-corrected chi connectivity index (χ1v) is 5.59. The van der Waals surface area contributed by atoms with Crippen molar-refractivity contribution >= 4 is 12.4 Å². The highest BCUT2D eigenvalue weighted by Crippen LogP contribution is 2.27. The molecule has 0 aliphatic heterocycles. The fourth-order valence-electron chi connectivity index (χ4n) is 1.60. The zero-order chi connectivity index (χ0) is 14.8. The van der Waals surface area contributed by atoms with Crippen molar-refractivity contribution in [2.24, 2.45) is 5.73 Å². The van der Waals surface area contributed by atoms with Crippen LogP contribution in [0.4, 0.5) is 17.6 Å². The molecule has 2 aromatic rings. The summed E-state index contributed by atoms with van der Waals surface area (Å²) in [6.45, 7) is -0.598. The van der Waals surface area contributed by atoms with Crippen molar-refractivity contribution in [3.8, 4) is 11.3 Å². The summed E-state index contributed by atoms with van der Waals surface area (Å²) in [6.07, 6.45) is -1.25. The maximum Gasteiger partial charge on any atom is 0.451 e.